The van der Waals surface area contributed by atoms with E-state index < -0.39 is 0 Å². The monoisotopic (exact) mass is 287 g/mol. The maximum absolute atomic E-state index is 11.7. The van der Waals surface area contributed by atoms with Crippen molar-refractivity contribution in [3.05, 3.63) is 20.8 Å². The van der Waals surface area contributed by atoms with Gasteiger partial charge in [0.1, 0.15) is 0 Å². The van der Waals surface area contributed by atoms with E-state index in [-0.39, 0.29) is 17.2 Å². The summed E-state index contributed by atoms with van der Waals surface area (Å²) in [6.45, 7) is 4.92. The van der Waals surface area contributed by atoms with E-state index in [1.54, 1.807) is 11.3 Å². The minimum Gasteiger partial charge on any atom is -0.352 e. The number of rotatable bonds is 3. The third-order valence-electron chi connectivity index (χ3n) is 2.92. The highest BCUT2D eigenvalue weighted by molar-refractivity contribution is 9.11. The molecule has 1 unspecified atom stereocenters. The lowest BCUT2D eigenvalue weighted by molar-refractivity contribution is -0.123. The molecule has 1 aliphatic carbocycles. The topological polar surface area (TPSA) is 29.1 Å². The molecule has 15 heavy (non-hydrogen) atoms. The average Bonchev–Trinajstić information content (AvgIpc) is 2.59. The van der Waals surface area contributed by atoms with Crippen LogP contribution in [-0.2, 0) is 11.3 Å². The van der Waals surface area contributed by atoms with Crippen molar-refractivity contribution in [1.82, 2.24) is 5.32 Å². The molecule has 1 aromatic heterocycles. The van der Waals surface area contributed by atoms with E-state index >= 15 is 0 Å². The van der Waals surface area contributed by atoms with Crippen LogP contribution in [-0.4, -0.2) is 5.91 Å². The molecule has 2 nitrogen and oxygen atoms in total. The first-order valence-electron chi connectivity index (χ1n) is 5.00. The van der Waals surface area contributed by atoms with Gasteiger partial charge >= 0.3 is 0 Å². The highest BCUT2D eigenvalue weighted by Crippen LogP contribution is 2.51. The van der Waals surface area contributed by atoms with E-state index in [0.29, 0.717) is 6.54 Å². The Bertz CT molecular complexity index is 386. The van der Waals surface area contributed by atoms with Gasteiger partial charge in [-0.05, 0) is 44.8 Å². The van der Waals surface area contributed by atoms with Crippen LogP contribution < -0.4 is 5.32 Å². The van der Waals surface area contributed by atoms with Crippen LogP contribution >= 0.6 is 27.3 Å². The quantitative estimate of drug-likeness (QED) is 0.909. The summed E-state index contributed by atoms with van der Waals surface area (Å²) in [6, 6.07) is 2.04. The molecule has 4 heteroatoms. The molecular weight excluding hydrogens is 274 g/mol. The van der Waals surface area contributed by atoms with Crippen LogP contribution in [0, 0.1) is 11.3 Å². The fourth-order valence-electron chi connectivity index (χ4n) is 1.67. The van der Waals surface area contributed by atoms with Crippen molar-refractivity contribution in [2.75, 3.05) is 0 Å². The zero-order valence-electron chi connectivity index (χ0n) is 8.84. The lowest BCUT2D eigenvalue weighted by Crippen LogP contribution is -2.25. The van der Waals surface area contributed by atoms with Crippen LogP contribution in [0.2, 0.25) is 0 Å². The fourth-order valence-corrected chi connectivity index (χ4v) is 2.87. The summed E-state index contributed by atoms with van der Waals surface area (Å²) in [5.74, 6) is 0.418. The van der Waals surface area contributed by atoms with E-state index in [2.05, 4.69) is 40.5 Å². The summed E-state index contributed by atoms with van der Waals surface area (Å²) in [4.78, 5) is 11.7. The summed E-state index contributed by atoms with van der Waals surface area (Å²) >= 11 is 5.05. The first-order chi connectivity index (χ1) is 6.99. The van der Waals surface area contributed by atoms with E-state index in [9.17, 15) is 4.79 Å². The van der Waals surface area contributed by atoms with Crippen molar-refractivity contribution in [3.63, 3.8) is 0 Å². The zero-order chi connectivity index (χ0) is 11.1. The maximum Gasteiger partial charge on any atom is 0.223 e. The smallest absolute Gasteiger partial charge is 0.223 e. The Labute approximate surface area is 102 Å². The molecule has 0 saturated heterocycles. The van der Waals surface area contributed by atoms with E-state index in [4.69, 9.17) is 0 Å². The van der Waals surface area contributed by atoms with Crippen LogP contribution in [0.3, 0.4) is 0 Å². The summed E-state index contributed by atoms with van der Waals surface area (Å²) in [5, 5.41) is 5.03. The number of carbonyl (C=O) groups is 1. The molecule has 1 aromatic rings. The first kappa shape index (κ1) is 11.1. The predicted molar refractivity (Wildman–Crippen MR) is 65.8 cm³/mol. The average molecular weight is 288 g/mol. The van der Waals surface area contributed by atoms with Gasteiger partial charge < -0.3 is 5.32 Å². The molecular formula is C11H14BrNOS. The molecule has 0 spiro atoms. The van der Waals surface area contributed by atoms with Crippen molar-refractivity contribution in [3.8, 4) is 0 Å². The number of carbonyl (C=O) groups excluding carboxylic acids is 1. The van der Waals surface area contributed by atoms with Gasteiger partial charge in [-0.2, -0.15) is 0 Å². The number of halogens is 1. The second kappa shape index (κ2) is 3.91. The fraction of sp³-hybridized carbons (Fsp3) is 0.545. The van der Waals surface area contributed by atoms with Crippen molar-refractivity contribution < 1.29 is 4.79 Å². The standard InChI is InChI=1S/C11H14BrNOS/c1-11(2)4-8(11)10(14)13-5-7-3-9(12)15-6-7/h3,6,8H,4-5H2,1-2H3,(H,13,14). The Balaban J connectivity index is 1.82. The molecule has 1 atom stereocenters. The second-order valence-corrected chi connectivity index (χ2v) is 7.01. The third kappa shape index (κ3) is 2.61. The Morgan fingerprint density at radius 1 is 1.73 bits per heavy atom. The van der Waals surface area contributed by atoms with Crippen molar-refractivity contribution in [2.24, 2.45) is 11.3 Å². The van der Waals surface area contributed by atoms with Gasteiger partial charge in [0, 0.05) is 12.5 Å². The first-order valence-corrected chi connectivity index (χ1v) is 6.67. The van der Waals surface area contributed by atoms with E-state index in [1.165, 1.54) is 5.56 Å². The number of nitrogens with one attached hydrogen (secondary N) is 1. The molecule has 0 aromatic carbocycles. The summed E-state index contributed by atoms with van der Waals surface area (Å²) in [7, 11) is 0. The number of amides is 1. The van der Waals surface area contributed by atoms with E-state index in [0.717, 1.165) is 10.2 Å². The van der Waals surface area contributed by atoms with Gasteiger partial charge in [0.15, 0.2) is 0 Å². The van der Waals surface area contributed by atoms with Crippen LogP contribution in [0.15, 0.2) is 15.2 Å². The Morgan fingerprint density at radius 2 is 2.40 bits per heavy atom. The van der Waals surface area contributed by atoms with Crippen LogP contribution in [0.4, 0.5) is 0 Å². The van der Waals surface area contributed by atoms with Gasteiger partial charge in [0.2, 0.25) is 5.91 Å². The van der Waals surface area contributed by atoms with E-state index in [1.807, 2.05) is 6.07 Å². The molecule has 1 aliphatic rings. The van der Waals surface area contributed by atoms with Gasteiger partial charge in [0.05, 0.1) is 3.79 Å². The van der Waals surface area contributed by atoms with Crippen molar-refractivity contribution in [1.29, 1.82) is 0 Å². The normalized spacial score (nSPS) is 22.5. The van der Waals surface area contributed by atoms with Crippen LogP contribution in [0.25, 0.3) is 0 Å². The summed E-state index contributed by atoms with van der Waals surface area (Å²) in [5.41, 5.74) is 1.39. The van der Waals surface area contributed by atoms with Crippen molar-refractivity contribution >= 4 is 33.2 Å². The predicted octanol–water partition coefficient (Wildman–Crippen LogP) is 3.17. The molecule has 1 fully saturated rings. The van der Waals surface area contributed by atoms with Gasteiger partial charge in [-0.3, -0.25) is 4.79 Å². The Kier molecular flexibility index (Phi) is 2.90. The van der Waals surface area contributed by atoms with Gasteiger partial charge in [0.25, 0.3) is 0 Å². The lowest BCUT2D eigenvalue weighted by Gasteiger charge is -2.04. The Morgan fingerprint density at radius 3 is 2.87 bits per heavy atom. The van der Waals surface area contributed by atoms with Gasteiger partial charge in [-0.25, -0.2) is 0 Å². The second-order valence-electron chi connectivity index (χ2n) is 4.72. The zero-order valence-corrected chi connectivity index (χ0v) is 11.2. The highest BCUT2D eigenvalue weighted by Gasteiger charge is 2.50. The molecule has 82 valence electrons. The third-order valence-corrected chi connectivity index (χ3v) is 4.47. The lowest BCUT2D eigenvalue weighted by atomic mass is 10.1. The highest BCUT2D eigenvalue weighted by atomic mass is 79.9. The number of thiophene rings is 1. The minimum absolute atomic E-state index is 0.197. The van der Waals surface area contributed by atoms with Crippen LogP contribution in [0.5, 0.6) is 0 Å². The molecule has 1 heterocycles. The number of hydrogen-bond acceptors (Lipinski definition) is 2. The van der Waals surface area contributed by atoms with Crippen LogP contribution in [0.1, 0.15) is 25.8 Å². The van der Waals surface area contributed by atoms with Gasteiger partial charge in [-0.15, -0.1) is 11.3 Å². The minimum atomic E-state index is 0.197. The summed E-state index contributed by atoms with van der Waals surface area (Å²) in [6.07, 6.45) is 1.02. The Hall–Kier alpha value is -0.350. The van der Waals surface area contributed by atoms with Crippen molar-refractivity contribution in [2.45, 2.75) is 26.8 Å². The maximum atomic E-state index is 11.7. The molecule has 0 bridgehead atoms. The summed E-state index contributed by atoms with van der Waals surface area (Å²) < 4.78 is 1.11. The molecule has 2 rings (SSSR count). The SMILES string of the molecule is CC1(C)CC1C(=O)NCc1csc(Br)c1. The molecule has 0 aliphatic heterocycles. The molecule has 1 saturated carbocycles. The number of hydrogen-bond donors (Lipinski definition) is 1. The van der Waals surface area contributed by atoms with Gasteiger partial charge in [-0.1, -0.05) is 13.8 Å². The largest absolute Gasteiger partial charge is 0.352 e. The molecule has 1 amide bonds. The molecule has 1 N–H and O–H groups in total. The molecule has 0 radical (unpaired) electrons.